The van der Waals surface area contributed by atoms with Crippen LogP contribution in [0.4, 0.5) is 20.6 Å². The van der Waals surface area contributed by atoms with E-state index in [4.69, 9.17) is 0 Å². The maximum Gasteiger partial charge on any atom is 0.326 e. The molecule has 0 aliphatic carbocycles. The number of thiophene rings is 1. The van der Waals surface area contributed by atoms with Crippen LogP contribution in [0.2, 0.25) is 0 Å². The second-order valence-electron chi connectivity index (χ2n) is 6.73. The molecule has 2 N–H and O–H groups in total. The lowest BCUT2D eigenvalue weighted by atomic mass is 10.0. The zero-order valence-corrected chi connectivity index (χ0v) is 16.5. The molecule has 1 aliphatic rings. The Balaban J connectivity index is 1.44. The first kappa shape index (κ1) is 19.1. The van der Waals surface area contributed by atoms with Gasteiger partial charge in [0.15, 0.2) is 0 Å². The fraction of sp³-hybridized carbons (Fsp3) is 0.182. The van der Waals surface area contributed by atoms with Gasteiger partial charge in [-0.3, -0.25) is 9.69 Å². The molecule has 29 heavy (non-hydrogen) atoms. The highest BCUT2D eigenvalue weighted by Gasteiger charge is 2.28. The highest BCUT2D eigenvalue weighted by molar-refractivity contribution is 7.09. The van der Waals surface area contributed by atoms with Crippen LogP contribution in [0, 0.1) is 5.82 Å². The number of urea groups is 1. The first-order valence-corrected chi connectivity index (χ1v) is 10.3. The lowest BCUT2D eigenvalue weighted by Crippen LogP contribution is -2.33. The number of hydrogen-bond acceptors (Lipinski definition) is 3. The van der Waals surface area contributed by atoms with Crippen LogP contribution in [0.1, 0.15) is 20.8 Å². The van der Waals surface area contributed by atoms with Gasteiger partial charge in [0.2, 0.25) is 0 Å². The van der Waals surface area contributed by atoms with E-state index >= 15 is 0 Å². The Morgan fingerprint density at radius 2 is 1.90 bits per heavy atom. The van der Waals surface area contributed by atoms with E-state index in [1.54, 1.807) is 28.4 Å². The van der Waals surface area contributed by atoms with Gasteiger partial charge in [0.25, 0.3) is 5.91 Å². The molecule has 3 aromatic rings. The van der Waals surface area contributed by atoms with Crippen molar-refractivity contribution in [2.24, 2.45) is 0 Å². The van der Waals surface area contributed by atoms with Crippen LogP contribution in [0.15, 0.2) is 60.0 Å². The highest BCUT2D eigenvalue weighted by atomic mass is 32.1. The predicted molar refractivity (Wildman–Crippen MR) is 113 cm³/mol. The first-order valence-electron chi connectivity index (χ1n) is 9.38. The van der Waals surface area contributed by atoms with Crippen molar-refractivity contribution in [1.82, 2.24) is 5.32 Å². The first-order chi connectivity index (χ1) is 14.1. The number of amides is 3. The molecule has 1 aliphatic heterocycles. The summed E-state index contributed by atoms with van der Waals surface area (Å²) in [6.45, 7) is 1.06. The number of carbonyl (C=O) groups is 2. The minimum atomic E-state index is -0.357. The highest BCUT2D eigenvalue weighted by Crippen LogP contribution is 2.31. The SMILES string of the molecule is O=C(NCCc1cccs1)c1cccc2c1CCN2C(=O)Nc1ccc(F)cc1. The molecular weight excluding hydrogens is 389 g/mol. The third-order valence-electron chi connectivity index (χ3n) is 4.85. The van der Waals surface area contributed by atoms with Crippen molar-refractivity contribution in [2.45, 2.75) is 12.8 Å². The average Bonchev–Trinajstić information content (AvgIpc) is 3.39. The van der Waals surface area contributed by atoms with Gasteiger partial charge in [0, 0.05) is 34.9 Å². The molecule has 2 aromatic carbocycles. The Morgan fingerprint density at radius 3 is 2.66 bits per heavy atom. The second-order valence-corrected chi connectivity index (χ2v) is 7.76. The number of fused-ring (bicyclic) bond motifs is 1. The van der Waals surface area contributed by atoms with Crippen molar-refractivity contribution in [2.75, 3.05) is 23.3 Å². The number of halogens is 1. The van der Waals surface area contributed by atoms with E-state index in [2.05, 4.69) is 16.7 Å². The normalized spacial score (nSPS) is 12.5. The third-order valence-corrected chi connectivity index (χ3v) is 5.79. The van der Waals surface area contributed by atoms with Crippen molar-refractivity contribution in [3.05, 3.63) is 81.8 Å². The standard InChI is InChI=1S/C22H20FN3O2S/c23-15-6-8-16(9-7-15)25-22(28)26-13-11-18-19(4-1-5-20(18)26)21(27)24-12-10-17-3-2-14-29-17/h1-9,14H,10-13H2,(H,24,27)(H,25,28). The summed E-state index contributed by atoms with van der Waals surface area (Å²) >= 11 is 1.67. The van der Waals surface area contributed by atoms with E-state index in [0.717, 1.165) is 17.7 Å². The lowest BCUT2D eigenvalue weighted by molar-refractivity contribution is 0.0953. The summed E-state index contributed by atoms with van der Waals surface area (Å²) in [7, 11) is 0. The summed E-state index contributed by atoms with van der Waals surface area (Å²) in [6.07, 6.45) is 1.41. The van der Waals surface area contributed by atoms with E-state index in [9.17, 15) is 14.0 Å². The molecule has 0 saturated carbocycles. The number of rotatable bonds is 5. The molecule has 0 unspecified atom stereocenters. The number of benzene rings is 2. The van der Waals surface area contributed by atoms with Gasteiger partial charge in [0.05, 0.1) is 0 Å². The third kappa shape index (κ3) is 4.30. The molecule has 0 fully saturated rings. The van der Waals surface area contributed by atoms with Crippen molar-refractivity contribution >= 4 is 34.6 Å². The molecule has 2 heterocycles. The fourth-order valence-corrected chi connectivity index (χ4v) is 4.14. The minimum Gasteiger partial charge on any atom is -0.352 e. The van der Waals surface area contributed by atoms with Crippen LogP contribution in [0.5, 0.6) is 0 Å². The average molecular weight is 409 g/mol. The minimum absolute atomic E-state index is 0.126. The van der Waals surface area contributed by atoms with Crippen LogP contribution in [0.3, 0.4) is 0 Å². The van der Waals surface area contributed by atoms with Crippen LogP contribution in [-0.2, 0) is 12.8 Å². The van der Waals surface area contributed by atoms with Gasteiger partial charge in [-0.15, -0.1) is 11.3 Å². The Kier molecular flexibility index (Phi) is 5.57. The van der Waals surface area contributed by atoms with Crippen LogP contribution in [0.25, 0.3) is 0 Å². The molecule has 148 valence electrons. The van der Waals surface area contributed by atoms with Gasteiger partial charge >= 0.3 is 6.03 Å². The number of hydrogen-bond donors (Lipinski definition) is 2. The summed E-state index contributed by atoms with van der Waals surface area (Å²) in [6, 6.07) is 14.8. The van der Waals surface area contributed by atoms with Gasteiger partial charge in [-0.2, -0.15) is 0 Å². The van der Waals surface area contributed by atoms with Gasteiger partial charge in [-0.05, 0) is 66.2 Å². The largest absolute Gasteiger partial charge is 0.352 e. The Morgan fingerprint density at radius 1 is 1.07 bits per heavy atom. The Bertz CT molecular complexity index is 1020. The van der Waals surface area contributed by atoms with E-state index in [1.807, 2.05) is 17.5 Å². The van der Waals surface area contributed by atoms with Crippen molar-refractivity contribution in [1.29, 1.82) is 0 Å². The molecule has 7 heteroatoms. The van der Waals surface area contributed by atoms with Crippen LogP contribution < -0.4 is 15.5 Å². The lowest BCUT2D eigenvalue weighted by Gasteiger charge is -2.18. The maximum absolute atomic E-state index is 13.1. The van der Waals surface area contributed by atoms with E-state index < -0.39 is 0 Å². The summed E-state index contributed by atoms with van der Waals surface area (Å²) < 4.78 is 13.1. The molecule has 0 saturated heterocycles. The Labute approximate surface area is 172 Å². The number of carbonyl (C=O) groups excluding carboxylic acids is 2. The molecule has 1 aromatic heterocycles. The number of nitrogens with zero attached hydrogens (tertiary/aromatic N) is 1. The molecule has 3 amide bonds. The molecule has 4 rings (SSSR count). The molecule has 5 nitrogen and oxygen atoms in total. The topological polar surface area (TPSA) is 61.4 Å². The Hall–Kier alpha value is -3.19. The summed E-state index contributed by atoms with van der Waals surface area (Å²) in [5.41, 5.74) is 2.73. The van der Waals surface area contributed by atoms with Gasteiger partial charge in [-0.25, -0.2) is 9.18 Å². The molecule has 0 spiro atoms. The number of anilines is 2. The predicted octanol–water partition coefficient (Wildman–Crippen LogP) is 4.45. The smallest absolute Gasteiger partial charge is 0.326 e. The fourth-order valence-electron chi connectivity index (χ4n) is 3.43. The van der Waals surface area contributed by atoms with Crippen LogP contribution >= 0.6 is 11.3 Å². The van der Waals surface area contributed by atoms with Gasteiger partial charge in [-0.1, -0.05) is 12.1 Å². The molecule has 0 radical (unpaired) electrons. The monoisotopic (exact) mass is 409 g/mol. The van der Waals surface area contributed by atoms with E-state index in [1.165, 1.54) is 29.1 Å². The summed E-state index contributed by atoms with van der Waals surface area (Å²) in [5, 5.41) is 7.76. The van der Waals surface area contributed by atoms with Crippen molar-refractivity contribution in [3.8, 4) is 0 Å². The summed E-state index contributed by atoms with van der Waals surface area (Å²) in [5.74, 6) is -0.483. The van der Waals surface area contributed by atoms with Crippen molar-refractivity contribution < 1.29 is 14.0 Å². The van der Waals surface area contributed by atoms with Crippen LogP contribution in [-0.4, -0.2) is 25.0 Å². The van der Waals surface area contributed by atoms with Crippen molar-refractivity contribution in [3.63, 3.8) is 0 Å². The second kappa shape index (κ2) is 8.45. The molecule has 0 bridgehead atoms. The van der Waals surface area contributed by atoms with E-state index in [-0.39, 0.29) is 17.8 Å². The quantitative estimate of drug-likeness (QED) is 0.654. The zero-order valence-electron chi connectivity index (χ0n) is 15.7. The molecule has 0 atom stereocenters. The number of nitrogens with one attached hydrogen (secondary N) is 2. The molecular formula is C22H20FN3O2S. The van der Waals surface area contributed by atoms with E-state index in [0.29, 0.717) is 30.8 Å². The van der Waals surface area contributed by atoms with Gasteiger partial charge in [0.1, 0.15) is 5.82 Å². The van der Waals surface area contributed by atoms with Gasteiger partial charge < -0.3 is 10.6 Å². The summed E-state index contributed by atoms with van der Waals surface area (Å²) in [4.78, 5) is 28.2. The maximum atomic E-state index is 13.1. The zero-order chi connectivity index (χ0) is 20.2.